The maximum atomic E-state index is 10.9. The Hall–Kier alpha value is -2.15. The van der Waals surface area contributed by atoms with Crippen LogP contribution in [0.4, 0.5) is 0 Å². The Kier molecular flexibility index (Phi) is 4.74. The van der Waals surface area contributed by atoms with Gasteiger partial charge in [-0.1, -0.05) is 11.8 Å². The molecule has 0 aromatic carbocycles. The molecule has 0 spiro atoms. The summed E-state index contributed by atoms with van der Waals surface area (Å²) < 4.78 is 4.71. The lowest BCUT2D eigenvalue weighted by atomic mass is 10.2. The molecule has 0 amide bonds. The molecule has 1 rings (SSSR count). The number of carbonyl (C=O) groups excluding carboxylic acids is 2. The number of carbonyl (C=O) groups is 2. The highest BCUT2D eigenvalue weighted by molar-refractivity contribution is 5.73. The van der Waals surface area contributed by atoms with E-state index in [9.17, 15) is 9.59 Å². The largest absolute Gasteiger partial charge is 0.465 e. The summed E-state index contributed by atoms with van der Waals surface area (Å²) >= 11 is 0. The fourth-order valence-electron chi connectivity index (χ4n) is 0.979. The van der Waals surface area contributed by atoms with Gasteiger partial charge in [0.05, 0.1) is 6.61 Å². The van der Waals surface area contributed by atoms with E-state index in [1.807, 2.05) is 0 Å². The highest BCUT2D eigenvalue weighted by Gasteiger charge is 1.96. The van der Waals surface area contributed by atoms with Crippen LogP contribution in [-0.2, 0) is 9.53 Å². The summed E-state index contributed by atoms with van der Waals surface area (Å²) in [6.07, 6.45) is 2.21. The first-order valence-electron chi connectivity index (χ1n) is 4.82. The van der Waals surface area contributed by atoms with Gasteiger partial charge in [0.15, 0.2) is 6.29 Å². The summed E-state index contributed by atoms with van der Waals surface area (Å²) in [6.45, 7) is 2.10. The van der Waals surface area contributed by atoms with E-state index in [1.54, 1.807) is 19.1 Å². The van der Waals surface area contributed by atoms with Crippen LogP contribution in [0.3, 0.4) is 0 Å². The minimum atomic E-state index is -0.340. The molecule has 1 heterocycles. The number of nitrogens with zero attached hydrogens (tertiary/aromatic N) is 1. The van der Waals surface area contributed by atoms with E-state index in [1.165, 1.54) is 6.20 Å². The third kappa shape index (κ3) is 3.93. The Morgan fingerprint density at radius 1 is 1.56 bits per heavy atom. The van der Waals surface area contributed by atoms with E-state index in [2.05, 4.69) is 16.8 Å². The van der Waals surface area contributed by atoms with Crippen molar-refractivity contribution in [2.75, 3.05) is 6.61 Å². The summed E-state index contributed by atoms with van der Waals surface area (Å²) in [6, 6.07) is 3.25. The van der Waals surface area contributed by atoms with E-state index < -0.39 is 0 Å². The van der Waals surface area contributed by atoms with Crippen molar-refractivity contribution < 1.29 is 14.3 Å². The van der Waals surface area contributed by atoms with Gasteiger partial charge in [0.1, 0.15) is 12.1 Å². The monoisotopic (exact) mass is 217 g/mol. The van der Waals surface area contributed by atoms with Crippen molar-refractivity contribution in [3.8, 4) is 11.8 Å². The summed E-state index contributed by atoms with van der Waals surface area (Å²) in [5.41, 5.74) is 1.02. The quantitative estimate of drug-likeness (QED) is 0.433. The molecule has 82 valence electrons. The first-order chi connectivity index (χ1) is 7.76. The molecule has 0 fully saturated rings. The van der Waals surface area contributed by atoms with Gasteiger partial charge in [0.2, 0.25) is 0 Å². The fourth-order valence-corrected chi connectivity index (χ4v) is 0.979. The number of hydrogen-bond acceptors (Lipinski definition) is 4. The van der Waals surface area contributed by atoms with Gasteiger partial charge in [-0.3, -0.25) is 14.6 Å². The van der Waals surface area contributed by atoms with Crippen LogP contribution in [0.25, 0.3) is 0 Å². The molecule has 0 atom stereocenters. The number of hydrogen-bond donors (Lipinski definition) is 0. The van der Waals surface area contributed by atoms with Crippen LogP contribution in [0.2, 0.25) is 0 Å². The van der Waals surface area contributed by atoms with Crippen LogP contribution in [0.15, 0.2) is 18.3 Å². The molecular formula is C12H11NO3. The highest BCUT2D eigenvalue weighted by Crippen LogP contribution is 1.96. The molecule has 4 nitrogen and oxygen atoms in total. The molecule has 1 aromatic heterocycles. The fraction of sp³-hybridized carbons (Fsp3) is 0.250. The van der Waals surface area contributed by atoms with Crippen LogP contribution in [0.1, 0.15) is 29.4 Å². The summed E-state index contributed by atoms with van der Waals surface area (Å²) in [4.78, 5) is 25.1. The molecule has 0 radical (unpaired) electrons. The van der Waals surface area contributed by atoms with Gasteiger partial charge >= 0.3 is 5.97 Å². The molecule has 0 bridgehead atoms. The Morgan fingerprint density at radius 2 is 2.38 bits per heavy atom. The predicted molar refractivity (Wildman–Crippen MR) is 57.8 cm³/mol. The molecule has 0 aliphatic rings. The second-order valence-corrected chi connectivity index (χ2v) is 2.87. The maximum Gasteiger partial charge on any atom is 0.317 e. The molecule has 0 unspecified atom stereocenters. The SMILES string of the molecule is CCOC(=O)CC#Cc1ccc(C=O)nc1. The van der Waals surface area contributed by atoms with Crippen LogP contribution >= 0.6 is 0 Å². The second kappa shape index (κ2) is 6.36. The van der Waals surface area contributed by atoms with Crippen molar-refractivity contribution >= 4 is 12.3 Å². The van der Waals surface area contributed by atoms with E-state index in [4.69, 9.17) is 4.74 Å². The molecule has 0 aliphatic heterocycles. The summed E-state index contributed by atoms with van der Waals surface area (Å²) in [5, 5.41) is 0. The molecule has 16 heavy (non-hydrogen) atoms. The normalized spacial score (nSPS) is 8.81. The summed E-state index contributed by atoms with van der Waals surface area (Å²) in [5.74, 6) is 5.09. The zero-order chi connectivity index (χ0) is 11.8. The van der Waals surface area contributed by atoms with E-state index in [0.29, 0.717) is 24.2 Å². The number of ether oxygens (including phenoxy) is 1. The van der Waals surface area contributed by atoms with Crippen molar-refractivity contribution in [3.63, 3.8) is 0 Å². The number of aromatic nitrogens is 1. The van der Waals surface area contributed by atoms with Gasteiger partial charge in [0.25, 0.3) is 0 Å². The second-order valence-electron chi connectivity index (χ2n) is 2.87. The van der Waals surface area contributed by atoms with Gasteiger partial charge in [-0.05, 0) is 19.1 Å². The van der Waals surface area contributed by atoms with Crippen molar-refractivity contribution in [1.82, 2.24) is 4.98 Å². The molecule has 1 aromatic rings. The van der Waals surface area contributed by atoms with E-state index in [0.717, 1.165) is 0 Å². The van der Waals surface area contributed by atoms with Crippen molar-refractivity contribution in [2.24, 2.45) is 0 Å². The number of aldehydes is 1. The summed E-state index contributed by atoms with van der Waals surface area (Å²) in [7, 11) is 0. The van der Waals surface area contributed by atoms with E-state index >= 15 is 0 Å². The smallest absolute Gasteiger partial charge is 0.317 e. The lowest BCUT2D eigenvalue weighted by molar-refractivity contribution is -0.141. The van der Waals surface area contributed by atoms with E-state index in [-0.39, 0.29) is 12.4 Å². The lowest BCUT2D eigenvalue weighted by Gasteiger charge is -1.94. The Labute approximate surface area is 93.6 Å². The number of esters is 1. The first kappa shape index (κ1) is 11.9. The van der Waals surface area contributed by atoms with Gasteiger partial charge < -0.3 is 4.74 Å². The van der Waals surface area contributed by atoms with Crippen LogP contribution in [0, 0.1) is 11.8 Å². The first-order valence-corrected chi connectivity index (χ1v) is 4.82. The molecule has 0 N–H and O–H groups in total. The maximum absolute atomic E-state index is 10.9. The molecule has 0 aliphatic carbocycles. The van der Waals surface area contributed by atoms with Crippen LogP contribution in [-0.4, -0.2) is 23.8 Å². The van der Waals surface area contributed by atoms with Crippen molar-refractivity contribution in [2.45, 2.75) is 13.3 Å². The Morgan fingerprint density at radius 3 is 2.94 bits per heavy atom. The van der Waals surface area contributed by atoms with Crippen LogP contribution < -0.4 is 0 Å². The van der Waals surface area contributed by atoms with Crippen LogP contribution in [0.5, 0.6) is 0 Å². The van der Waals surface area contributed by atoms with Gasteiger partial charge in [-0.25, -0.2) is 0 Å². The van der Waals surface area contributed by atoms with Crippen molar-refractivity contribution in [3.05, 3.63) is 29.6 Å². The minimum Gasteiger partial charge on any atom is -0.465 e. The Balaban J connectivity index is 2.56. The van der Waals surface area contributed by atoms with Gasteiger partial charge in [-0.2, -0.15) is 0 Å². The number of pyridine rings is 1. The van der Waals surface area contributed by atoms with Gasteiger partial charge in [-0.15, -0.1) is 0 Å². The Bertz CT molecular complexity index is 426. The average molecular weight is 217 g/mol. The molecular weight excluding hydrogens is 206 g/mol. The zero-order valence-corrected chi connectivity index (χ0v) is 8.90. The zero-order valence-electron chi connectivity index (χ0n) is 8.90. The predicted octanol–water partition coefficient (Wildman–Crippen LogP) is 1.20. The van der Waals surface area contributed by atoms with Gasteiger partial charge in [0, 0.05) is 11.8 Å². The topological polar surface area (TPSA) is 56.3 Å². The van der Waals surface area contributed by atoms with Crippen molar-refractivity contribution in [1.29, 1.82) is 0 Å². The molecule has 4 heteroatoms. The standard InChI is InChI=1S/C12H11NO3/c1-2-16-12(15)5-3-4-10-6-7-11(9-14)13-8-10/h6-9H,2,5H2,1H3. The highest BCUT2D eigenvalue weighted by atomic mass is 16.5. The third-order valence-electron chi connectivity index (χ3n) is 1.68. The lowest BCUT2D eigenvalue weighted by Crippen LogP contribution is -2.01. The average Bonchev–Trinajstić information content (AvgIpc) is 2.30. The molecule has 0 saturated heterocycles. The number of rotatable bonds is 3. The minimum absolute atomic E-state index is 0.0588. The molecule has 0 saturated carbocycles. The third-order valence-corrected chi connectivity index (χ3v) is 1.68.